The number of rotatable bonds is 5. The molecule has 4 heteroatoms. The molecular formula is C14H24ClN3. The Morgan fingerprint density at radius 1 is 1.33 bits per heavy atom. The van der Waals surface area contributed by atoms with Crippen molar-refractivity contribution in [1.82, 2.24) is 9.78 Å². The summed E-state index contributed by atoms with van der Waals surface area (Å²) in [5.41, 5.74) is 8.51. The van der Waals surface area contributed by atoms with Crippen LogP contribution in [0.1, 0.15) is 50.9 Å². The lowest BCUT2D eigenvalue weighted by atomic mass is 9.81. The lowest BCUT2D eigenvalue weighted by Crippen LogP contribution is -2.30. The van der Waals surface area contributed by atoms with Gasteiger partial charge < -0.3 is 5.73 Å². The number of nitrogens with two attached hydrogens (primary N) is 1. The topological polar surface area (TPSA) is 43.8 Å². The normalized spacial score (nSPS) is 18.4. The van der Waals surface area contributed by atoms with Crippen molar-refractivity contribution >= 4 is 11.6 Å². The smallest absolute Gasteiger partial charge is 0.0850 e. The summed E-state index contributed by atoms with van der Waals surface area (Å²) in [6, 6.07) is 0. The van der Waals surface area contributed by atoms with E-state index in [2.05, 4.69) is 23.6 Å². The van der Waals surface area contributed by atoms with E-state index in [1.54, 1.807) is 0 Å². The molecule has 1 aromatic heterocycles. The van der Waals surface area contributed by atoms with Gasteiger partial charge in [0.1, 0.15) is 0 Å². The second-order valence-electron chi connectivity index (χ2n) is 5.46. The first kappa shape index (κ1) is 13.9. The second kappa shape index (κ2) is 5.62. The molecule has 0 unspecified atom stereocenters. The molecule has 18 heavy (non-hydrogen) atoms. The van der Waals surface area contributed by atoms with Gasteiger partial charge in [0.25, 0.3) is 0 Å². The van der Waals surface area contributed by atoms with Crippen LogP contribution in [0, 0.1) is 5.41 Å². The zero-order chi connectivity index (χ0) is 13.2. The van der Waals surface area contributed by atoms with Crippen LogP contribution < -0.4 is 5.73 Å². The van der Waals surface area contributed by atoms with Crippen LogP contribution in [-0.4, -0.2) is 16.3 Å². The first-order chi connectivity index (χ1) is 8.65. The fraction of sp³-hybridized carbons (Fsp3) is 0.786. The molecule has 2 rings (SSSR count). The largest absolute Gasteiger partial charge is 0.330 e. The highest BCUT2D eigenvalue weighted by atomic mass is 35.5. The molecule has 1 aliphatic rings. The van der Waals surface area contributed by atoms with Gasteiger partial charge in [-0.3, -0.25) is 4.68 Å². The molecule has 0 saturated heterocycles. The average molecular weight is 270 g/mol. The molecule has 3 nitrogen and oxygen atoms in total. The van der Waals surface area contributed by atoms with E-state index in [1.165, 1.54) is 31.4 Å². The molecule has 1 aromatic rings. The Morgan fingerprint density at radius 2 is 2.00 bits per heavy atom. The first-order valence-corrected chi connectivity index (χ1v) is 7.47. The Hall–Kier alpha value is -0.540. The minimum absolute atomic E-state index is 0.265. The van der Waals surface area contributed by atoms with Gasteiger partial charge >= 0.3 is 0 Å². The maximum Gasteiger partial charge on any atom is 0.0850 e. The van der Waals surface area contributed by atoms with E-state index >= 15 is 0 Å². The van der Waals surface area contributed by atoms with Crippen LogP contribution in [0.3, 0.4) is 0 Å². The molecular weight excluding hydrogens is 246 g/mol. The summed E-state index contributed by atoms with van der Waals surface area (Å²) in [6.07, 6.45) is 6.95. The SMILES string of the molecule is CCc1nn(CC)c(CC2(CN)CCCC2)c1Cl. The molecule has 1 heterocycles. The van der Waals surface area contributed by atoms with Gasteiger partial charge in [0.15, 0.2) is 0 Å². The summed E-state index contributed by atoms with van der Waals surface area (Å²) in [4.78, 5) is 0. The fourth-order valence-electron chi connectivity index (χ4n) is 3.12. The number of nitrogens with zero attached hydrogens (tertiary/aromatic N) is 2. The summed E-state index contributed by atoms with van der Waals surface area (Å²) in [6.45, 7) is 5.87. The van der Waals surface area contributed by atoms with Crippen molar-refractivity contribution in [3.63, 3.8) is 0 Å². The number of hydrogen-bond donors (Lipinski definition) is 1. The number of halogens is 1. The molecule has 102 valence electrons. The molecule has 0 aliphatic heterocycles. The van der Waals surface area contributed by atoms with Crippen LogP contribution in [0.4, 0.5) is 0 Å². The summed E-state index contributed by atoms with van der Waals surface area (Å²) in [7, 11) is 0. The van der Waals surface area contributed by atoms with Gasteiger partial charge in [-0.05, 0) is 44.6 Å². The van der Waals surface area contributed by atoms with Gasteiger partial charge in [0.2, 0.25) is 0 Å². The van der Waals surface area contributed by atoms with E-state index in [0.717, 1.165) is 36.6 Å². The van der Waals surface area contributed by atoms with Crippen molar-refractivity contribution in [2.45, 2.75) is 58.9 Å². The Kier molecular flexibility index (Phi) is 4.33. The van der Waals surface area contributed by atoms with Gasteiger partial charge in [-0.1, -0.05) is 31.4 Å². The van der Waals surface area contributed by atoms with Crippen molar-refractivity contribution in [3.05, 3.63) is 16.4 Å². The Labute approximate surface area is 115 Å². The van der Waals surface area contributed by atoms with Crippen LogP contribution in [0.15, 0.2) is 0 Å². The highest BCUT2D eigenvalue weighted by molar-refractivity contribution is 6.31. The van der Waals surface area contributed by atoms with Gasteiger partial charge in [-0.15, -0.1) is 0 Å². The standard InChI is InChI=1S/C14H24ClN3/c1-3-11-13(15)12(18(4-2)17-11)9-14(10-16)7-5-6-8-14/h3-10,16H2,1-2H3. The van der Waals surface area contributed by atoms with E-state index in [-0.39, 0.29) is 5.41 Å². The monoisotopic (exact) mass is 269 g/mol. The summed E-state index contributed by atoms with van der Waals surface area (Å²) in [5, 5.41) is 5.47. The van der Waals surface area contributed by atoms with Gasteiger partial charge in [0.05, 0.1) is 16.4 Å². The average Bonchev–Trinajstić information content (AvgIpc) is 2.97. The van der Waals surface area contributed by atoms with Gasteiger partial charge in [0, 0.05) is 6.54 Å². The van der Waals surface area contributed by atoms with E-state index in [0.29, 0.717) is 0 Å². The predicted molar refractivity (Wildman–Crippen MR) is 75.9 cm³/mol. The zero-order valence-electron chi connectivity index (χ0n) is 11.5. The van der Waals surface area contributed by atoms with Crippen LogP contribution in [0.2, 0.25) is 5.02 Å². The van der Waals surface area contributed by atoms with Crippen LogP contribution in [0.5, 0.6) is 0 Å². The van der Waals surface area contributed by atoms with Crippen molar-refractivity contribution in [2.24, 2.45) is 11.1 Å². The third-order valence-corrected chi connectivity index (χ3v) is 4.77. The highest BCUT2D eigenvalue weighted by Gasteiger charge is 2.34. The molecule has 1 saturated carbocycles. The van der Waals surface area contributed by atoms with Crippen molar-refractivity contribution in [1.29, 1.82) is 0 Å². The quantitative estimate of drug-likeness (QED) is 0.892. The molecule has 1 aliphatic carbocycles. The molecule has 0 radical (unpaired) electrons. The lowest BCUT2D eigenvalue weighted by molar-refractivity contribution is 0.297. The third kappa shape index (κ3) is 2.43. The molecule has 0 amide bonds. The zero-order valence-corrected chi connectivity index (χ0v) is 12.3. The summed E-state index contributed by atoms with van der Waals surface area (Å²) < 4.78 is 2.07. The number of aryl methyl sites for hydroxylation is 2. The Morgan fingerprint density at radius 3 is 2.50 bits per heavy atom. The molecule has 2 N–H and O–H groups in total. The molecule has 1 fully saturated rings. The molecule has 0 aromatic carbocycles. The Bertz CT molecular complexity index is 405. The van der Waals surface area contributed by atoms with E-state index in [9.17, 15) is 0 Å². The first-order valence-electron chi connectivity index (χ1n) is 7.10. The van der Waals surface area contributed by atoms with Crippen LogP contribution in [-0.2, 0) is 19.4 Å². The lowest BCUT2D eigenvalue weighted by Gasteiger charge is -2.27. The van der Waals surface area contributed by atoms with Gasteiger partial charge in [-0.25, -0.2) is 0 Å². The number of aromatic nitrogens is 2. The third-order valence-electron chi connectivity index (χ3n) is 4.33. The Balaban J connectivity index is 2.29. The van der Waals surface area contributed by atoms with E-state index in [1.807, 2.05) is 0 Å². The maximum absolute atomic E-state index is 6.48. The van der Waals surface area contributed by atoms with Gasteiger partial charge in [-0.2, -0.15) is 5.10 Å². The minimum atomic E-state index is 0.265. The van der Waals surface area contributed by atoms with Crippen LogP contribution >= 0.6 is 11.6 Å². The van der Waals surface area contributed by atoms with Crippen molar-refractivity contribution in [3.8, 4) is 0 Å². The molecule has 0 bridgehead atoms. The van der Waals surface area contributed by atoms with E-state index in [4.69, 9.17) is 17.3 Å². The number of hydrogen-bond acceptors (Lipinski definition) is 2. The second-order valence-corrected chi connectivity index (χ2v) is 5.84. The minimum Gasteiger partial charge on any atom is -0.330 e. The summed E-state index contributed by atoms with van der Waals surface area (Å²) >= 11 is 6.48. The maximum atomic E-state index is 6.48. The highest BCUT2D eigenvalue weighted by Crippen LogP contribution is 2.41. The summed E-state index contributed by atoms with van der Waals surface area (Å²) in [5.74, 6) is 0. The molecule has 0 spiro atoms. The van der Waals surface area contributed by atoms with E-state index < -0.39 is 0 Å². The van der Waals surface area contributed by atoms with Crippen molar-refractivity contribution < 1.29 is 0 Å². The van der Waals surface area contributed by atoms with Crippen molar-refractivity contribution in [2.75, 3.05) is 6.54 Å². The van der Waals surface area contributed by atoms with Crippen LogP contribution in [0.25, 0.3) is 0 Å². The fourth-order valence-corrected chi connectivity index (χ4v) is 3.46. The predicted octanol–water partition coefficient (Wildman–Crippen LogP) is 3.18. The molecule has 0 atom stereocenters.